The third-order valence-electron chi connectivity index (χ3n) is 3.28. The minimum atomic E-state index is -3.65. The summed E-state index contributed by atoms with van der Waals surface area (Å²) in [7, 11) is -3.65. The molecule has 0 bridgehead atoms. The summed E-state index contributed by atoms with van der Waals surface area (Å²) in [5.41, 5.74) is 0.713. The van der Waals surface area contributed by atoms with Gasteiger partial charge in [-0.2, -0.15) is 12.8 Å². The lowest BCUT2D eigenvalue weighted by Crippen LogP contribution is -1.98. The zero-order chi connectivity index (χ0) is 16.5. The molecule has 0 spiro atoms. The molecule has 0 aromatic heterocycles. The molecule has 2 aromatic carbocycles. The van der Waals surface area contributed by atoms with Crippen molar-refractivity contribution in [2.45, 2.75) is 31.1 Å². The SMILES string of the molecule is CCCCCOc1ccc(/C=N\S(=O)(=O)c2ccccc2)cc1. The molecule has 0 aliphatic carbocycles. The molecule has 2 aromatic rings. The second-order valence-electron chi connectivity index (χ2n) is 5.15. The molecule has 0 radical (unpaired) electrons. The minimum Gasteiger partial charge on any atom is -0.494 e. The van der Waals surface area contributed by atoms with Gasteiger partial charge in [0.15, 0.2) is 0 Å². The van der Waals surface area contributed by atoms with Crippen LogP contribution in [0, 0.1) is 0 Å². The van der Waals surface area contributed by atoms with Gasteiger partial charge in [0, 0.05) is 6.21 Å². The Morgan fingerprint density at radius 2 is 1.70 bits per heavy atom. The molecule has 0 amide bonds. The highest BCUT2D eigenvalue weighted by Crippen LogP contribution is 2.14. The van der Waals surface area contributed by atoms with Gasteiger partial charge < -0.3 is 4.74 Å². The molecule has 0 heterocycles. The first kappa shape index (κ1) is 17.2. The quantitative estimate of drug-likeness (QED) is 0.541. The van der Waals surface area contributed by atoms with Crippen LogP contribution >= 0.6 is 0 Å². The van der Waals surface area contributed by atoms with Gasteiger partial charge in [-0.1, -0.05) is 38.0 Å². The molecule has 0 saturated carbocycles. The Labute approximate surface area is 137 Å². The van der Waals surface area contributed by atoms with E-state index in [1.54, 1.807) is 30.3 Å². The van der Waals surface area contributed by atoms with Crippen molar-refractivity contribution >= 4 is 16.2 Å². The molecule has 0 aliphatic heterocycles. The molecule has 4 nitrogen and oxygen atoms in total. The standard InChI is InChI=1S/C18H21NO3S/c1-2-3-7-14-22-17-12-10-16(11-13-17)15-19-23(20,21)18-8-5-4-6-9-18/h4-6,8-13,15H,2-3,7,14H2,1H3/b19-15-. The van der Waals surface area contributed by atoms with Crippen molar-refractivity contribution < 1.29 is 13.2 Å². The molecular weight excluding hydrogens is 310 g/mol. The van der Waals surface area contributed by atoms with E-state index in [9.17, 15) is 8.42 Å². The predicted molar refractivity (Wildman–Crippen MR) is 92.7 cm³/mol. The zero-order valence-corrected chi connectivity index (χ0v) is 14.0. The van der Waals surface area contributed by atoms with Crippen molar-refractivity contribution in [1.82, 2.24) is 0 Å². The second kappa shape index (κ2) is 8.48. The van der Waals surface area contributed by atoms with E-state index in [1.165, 1.54) is 18.3 Å². The van der Waals surface area contributed by atoms with Crippen molar-refractivity contribution in [3.63, 3.8) is 0 Å². The minimum absolute atomic E-state index is 0.187. The Hall–Kier alpha value is -2.14. The Balaban J connectivity index is 1.98. The Morgan fingerprint density at radius 1 is 1.00 bits per heavy atom. The highest BCUT2D eigenvalue weighted by molar-refractivity contribution is 7.90. The number of nitrogens with zero attached hydrogens (tertiary/aromatic N) is 1. The van der Waals surface area contributed by atoms with Crippen molar-refractivity contribution in [3.8, 4) is 5.75 Å². The highest BCUT2D eigenvalue weighted by Gasteiger charge is 2.10. The van der Waals surface area contributed by atoms with E-state index in [4.69, 9.17) is 4.74 Å². The highest BCUT2D eigenvalue weighted by atomic mass is 32.2. The van der Waals surface area contributed by atoms with Crippen LogP contribution in [0.5, 0.6) is 5.75 Å². The fourth-order valence-electron chi connectivity index (χ4n) is 1.98. The van der Waals surface area contributed by atoms with E-state index in [1.807, 2.05) is 12.1 Å². The average Bonchev–Trinajstić information content (AvgIpc) is 2.59. The Bertz CT molecular complexity index is 723. The lowest BCUT2D eigenvalue weighted by atomic mass is 10.2. The van der Waals surface area contributed by atoms with Crippen LogP contribution in [0.1, 0.15) is 31.7 Å². The van der Waals surface area contributed by atoms with E-state index < -0.39 is 10.0 Å². The van der Waals surface area contributed by atoms with Gasteiger partial charge in [-0.05, 0) is 48.4 Å². The third-order valence-corrected chi connectivity index (χ3v) is 4.53. The molecule has 0 N–H and O–H groups in total. The third kappa shape index (κ3) is 5.53. The van der Waals surface area contributed by atoms with Crippen LogP contribution in [-0.4, -0.2) is 21.2 Å². The fourth-order valence-corrected chi connectivity index (χ4v) is 2.86. The summed E-state index contributed by atoms with van der Waals surface area (Å²) in [6, 6.07) is 15.4. The normalized spacial score (nSPS) is 11.7. The number of unbranched alkanes of at least 4 members (excludes halogenated alkanes) is 2. The lowest BCUT2D eigenvalue weighted by molar-refractivity contribution is 0.306. The summed E-state index contributed by atoms with van der Waals surface area (Å²) < 4.78 is 33.4. The van der Waals surface area contributed by atoms with Gasteiger partial charge in [0.25, 0.3) is 10.0 Å². The van der Waals surface area contributed by atoms with Crippen LogP contribution in [0.2, 0.25) is 0 Å². The molecule has 0 unspecified atom stereocenters. The molecule has 0 atom stereocenters. The van der Waals surface area contributed by atoms with E-state index in [0.717, 1.165) is 25.0 Å². The molecule has 0 fully saturated rings. The maximum Gasteiger partial charge on any atom is 0.282 e. The molecule has 23 heavy (non-hydrogen) atoms. The molecule has 0 saturated heterocycles. The summed E-state index contributed by atoms with van der Waals surface area (Å²) in [5, 5.41) is 0. The summed E-state index contributed by atoms with van der Waals surface area (Å²) in [5.74, 6) is 0.782. The van der Waals surface area contributed by atoms with Crippen molar-refractivity contribution in [1.29, 1.82) is 0 Å². The van der Waals surface area contributed by atoms with Crippen LogP contribution in [-0.2, 0) is 10.0 Å². The number of rotatable bonds is 8. The van der Waals surface area contributed by atoms with Gasteiger partial charge in [0.1, 0.15) is 5.75 Å². The van der Waals surface area contributed by atoms with Crippen molar-refractivity contribution in [2.24, 2.45) is 4.40 Å². The van der Waals surface area contributed by atoms with Crippen molar-refractivity contribution in [2.75, 3.05) is 6.61 Å². The fraction of sp³-hybridized carbons (Fsp3) is 0.278. The Kier molecular flexibility index (Phi) is 6.35. The average molecular weight is 331 g/mol. The molecule has 0 aliphatic rings. The predicted octanol–water partition coefficient (Wildman–Crippen LogP) is 4.06. The van der Waals surface area contributed by atoms with Crippen LogP contribution in [0.4, 0.5) is 0 Å². The van der Waals surface area contributed by atoms with Gasteiger partial charge in [-0.3, -0.25) is 0 Å². The lowest BCUT2D eigenvalue weighted by Gasteiger charge is -2.05. The largest absolute Gasteiger partial charge is 0.494 e. The molecule has 122 valence electrons. The van der Waals surface area contributed by atoms with E-state index in [2.05, 4.69) is 11.3 Å². The van der Waals surface area contributed by atoms with Gasteiger partial charge in [-0.15, -0.1) is 0 Å². The van der Waals surface area contributed by atoms with Crippen LogP contribution < -0.4 is 4.74 Å². The van der Waals surface area contributed by atoms with E-state index in [0.29, 0.717) is 12.2 Å². The summed E-state index contributed by atoms with van der Waals surface area (Å²) in [6.07, 6.45) is 4.70. The summed E-state index contributed by atoms with van der Waals surface area (Å²) in [6.45, 7) is 2.85. The van der Waals surface area contributed by atoms with Crippen LogP contribution in [0.25, 0.3) is 0 Å². The number of hydrogen-bond acceptors (Lipinski definition) is 3. The number of benzene rings is 2. The monoisotopic (exact) mass is 331 g/mol. The zero-order valence-electron chi connectivity index (χ0n) is 13.2. The Morgan fingerprint density at radius 3 is 2.35 bits per heavy atom. The molecular formula is C18H21NO3S. The smallest absolute Gasteiger partial charge is 0.282 e. The van der Waals surface area contributed by atoms with Crippen LogP contribution in [0.3, 0.4) is 0 Å². The van der Waals surface area contributed by atoms with Gasteiger partial charge in [0.05, 0.1) is 11.5 Å². The van der Waals surface area contributed by atoms with Gasteiger partial charge in [-0.25, -0.2) is 0 Å². The maximum absolute atomic E-state index is 12.1. The van der Waals surface area contributed by atoms with Crippen LogP contribution in [0.15, 0.2) is 63.9 Å². The molecule has 5 heteroatoms. The van der Waals surface area contributed by atoms with Gasteiger partial charge >= 0.3 is 0 Å². The van der Waals surface area contributed by atoms with Crippen molar-refractivity contribution in [3.05, 3.63) is 60.2 Å². The van der Waals surface area contributed by atoms with E-state index >= 15 is 0 Å². The number of sulfonamides is 1. The molecule has 2 rings (SSSR count). The summed E-state index contributed by atoms with van der Waals surface area (Å²) >= 11 is 0. The number of hydrogen-bond donors (Lipinski definition) is 0. The second-order valence-corrected chi connectivity index (χ2v) is 6.78. The summed E-state index contributed by atoms with van der Waals surface area (Å²) in [4.78, 5) is 0.187. The maximum atomic E-state index is 12.1. The first-order valence-electron chi connectivity index (χ1n) is 7.70. The first-order chi connectivity index (χ1) is 11.1. The van der Waals surface area contributed by atoms with Gasteiger partial charge in [0.2, 0.25) is 0 Å². The first-order valence-corrected chi connectivity index (χ1v) is 9.14. The van der Waals surface area contributed by atoms with E-state index in [-0.39, 0.29) is 4.90 Å². The topological polar surface area (TPSA) is 55.7 Å². The number of ether oxygens (including phenoxy) is 1.